The molecule has 69 heavy (non-hydrogen) atoms. The van der Waals surface area contributed by atoms with Crippen molar-refractivity contribution in [3.05, 3.63) is 48.6 Å². The largest absolute Gasteiger partial charge is 0.462 e. The molecule has 0 aliphatic heterocycles. The van der Waals surface area contributed by atoms with Gasteiger partial charge in [-0.2, -0.15) is 0 Å². The van der Waals surface area contributed by atoms with Crippen molar-refractivity contribution in [3.63, 3.8) is 0 Å². The number of hydrogen-bond acceptors (Lipinski definition) is 6. The van der Waals surface area contributed by atoms with E-state index in [-0.39, 0.29) is 31.1 Å². The molecule has 0 aromatic carbocycles. The standard InChI is InChI=1S/C63H114O6/c1-4-7-10-13-16-19-22-25-28-29-30-31-32-33-36-38-41-44-47-50-53-56-62(65)68-59-60(69-63(66)57-54-51-48-45-42-39-35-27-24-21-18-15-12-9-6-3)58-67-61(64)55-52-49-46-43-40-37-34-26-23-20-17-14-11-8-5-2/h18,20-21,23,25,27-28,35,60H,4-17,19,22,24,26,29-34,36-59H2,1-3H3/b21-18-,23-20-,28-25-,35-27-/t60-/m0/s1. The third kappa shape index (κ3) is 56.2. The zero-order valence-electron chi connectivity index (χ0n) is 46.1. The molecule has 6 nitrogen and oxygen atoms in total. The number of allylic oxidation sites excluding steroid dienone is 8. The molecule has 0 amide bonds. The van der Waals surface area contributed by atoms with Crippen molar-refractivity contribution in [1.29, 1.82) is 0 Å². The SMILES string of the molecule is CCCCC/C=C\C/C=C\CCCCCCCC(=O)O[C@@H](COC(=O)CCCCCCCCC/C=C\CCCCCC)COC(=O)CCCCCCCCCCCCC/C=C\CCCCCCCC. The molecule has 0 aliphatic carbocycles. The molecule has 0 saturated carbocycles. The van der Waals surface area contributed by atoms with Crippen LogP contribution in [0, 0.1) is 0 Å². The maximum atomic E-state index is 12.9. The number of carbonyl (C=O) groups is 3. The molecule has 0 aromatic heterocycles. The maximum Gasteiger partial charge on any atom is 0.306 e. The van der Waals surface area contributed by atoms with Crippen LogP contribution < -0.4 is 0 Å². The number of rotatable bonds is 55. The fourth-order valence-corrected chi connectivity index (χ4v) is 8.70. The minimum absolute atomic E-state index is 0.0786. The van der Waals surface area contributed by atoms with Gasteiger partial charge in [0.05, 0.1) is 0 Å². The Morgan fingerprint density at radius 2 is 0.522 bits per heavy atom. The highest BCUT2D eigenvalue weighted by Crippen LogP contribution is 2.16. The summed E-state index contributed by atoms with van der Waals surface area (Å²) in [6.07, 6.45) is 71.0. The summed E-state index contributed by atoms with van der Waals surface area (Å²) >= 11 is 0. The van der Waals surface area contributed by atoms with E-state index in [4.69, 9.17) is 14.2 Å². The summed E-state index contributed by atoms with van der Waals surface area (Å²) in [4.78, 5) is 38.2. The smallest absolute Gasteiger partial charge is 0.306 e. The number of unbranched alkanes of at least 4 members (excludes halogenated alkanes) is 36. The fraction of sp³-hybridized carbons (Fsp3) is 0.825. The summed E-state index contributed by atoms with van der Waals surface area (Å²) in [5, 5.41) is 0. The summed E-state index contributed by atoms with van der Waals surface area (Å²) in [5.41, 5.74) is 0. The van der Waals surface area contributed by atoms with E-state index in [9.17, 15) is 14.4 Å². The van der Waals surface area contributed by atoms with Crippen LogP contribution in [0.2, 0.25) is 0 Å². The lowest BCUT2D eigenvalue weighted by Gasteiger charge is -2.18. The van der Waals surface area contributed by atoms with Crippen molar-refractivity contribution in [3.8, 4) is 0 Å². The number of carbonyl (C=O) groups excluding carboxylic acids is 3. The van der Waals surface area contributed by atoms with Gasteiger partial charge in [-0.25, -0.2) is 0 Å². The molecule has 0 fully saturated rings. The molecule has 0 spiro atoms. The highest BCUT2D eigenvalue weighted by atomic mass is 16.6. The Labute approximate surface area is 428 Å². The van der Waals surface area contributed by atoms with Crippen LogP contribution in [0.4, 0.5) is 0 Å². The number of ether oxygens (including phenoxy) is 3. The third-order valence-corrected chi connectivity index (χ3v) is 13.3. The molecular formula is C63H114O6. The zero-order chi connectivity index (χ0) is 50.0. The normalized spacial score (nSPS) is 12.3. The first kappa shape index (κ1) is 66.4. The predicted molar refractivity (Wildman–Crippen MR) is 298 cm³/mol. The van der Waals surface area contributed by atoms with E-state index < -0.39 is 6.10 Å². The molecule has 0 saturated heterocycles. The minimum Gasteiger partial charge on any atom is -0.462 e. The van der Waals surface area contributed by atoms with Gasteiger partial charge in [0.15, 0.2) is 6.10 Å². The Morgan fingerprint density at radius 3 is 0.855 bits per heavy atom. The third-order valence-electron chi connectivity index (χ3n) is 13.3. The van der Waals surface area contributed by atoms with Crippen LogP contribution in [-0.2, 0) is 28.6 Å². The van der Waals surface area contributed by atoms with E-state index in [0.717, 1.165) is 83.5 Å². The maximum absolute atomic E-state index is 12.9. The minimum atomic E-state index is -0.782. The monoisotopic (exact) mass is 967 g/mol. The molecule has 0 bridgehead atoms. The molecule has 402 valence electrons. The van der Waals surface area contributed by atoms with Gasteiger partial charge in [0.25, 0.3) is 0 Å². The van der Waals surface area contributed by atoms with E-state index in [2.05, 4.69) is 69.4 Å². The lowest BCUT2D eigenvalue weighted by Crippen LogP contribution is -2.30. The van der Waals surface area contributed by atoms with Crippen LogP contribution in [0.15, 0.2) is 48.6 Å². The number of esters is 3. The average molecular weight is 968 g/mol. The Morgan fingerprint density at radius 1 is 0.290 bits per heavy atom. The van der Waals surface area contributed by atoms with Gasteiger partial charge in [-0.3, -0.25) is 14.4 Å². The van der Waals surface area contributed by atoms with Gasteiger partial charge in [0, 0.05) is 19.3 Å². The predicted octanol–water partition coefficient (Wildman–Crippen LogP) is 20.2. The van der Waals surface area contributed by atoms with Crippen LogP contribution in [0.5, 0.6) is 0 Å². The first-order valence-electron chi connectivity index (χ1n) is 30.1. The molecule has 0 radical (unpaired) electrons. The first-order valence-corrected chi connectivity index (χ1v) is 30.1. The van der Waals surface area contributed by atoms with Crippen molar-refractivity contribution in [2.24, 2.45) is 0 Å². The average Bonchev–Trinajstić information content (AvgIpc) is 3.35. The van der Waals surface area contributed by atoms with Crippen LogP contribution in [-0.4, -0.2) is 37.2 Å². The van der Waals surface area contributed by atoms with Crippen molar-refractivity contribution < 1.29 is 28.6 Å². The molecule has 1 atom stereocenters. The van der Waals surface area contributed by atoms with E-state index in [1.807, 2.05) is 0 Å². The molecule has 0 N–H and O–H groups in total. The van der Waals surface area contributed by atoms with Crippen LogP contribution in [0.25, 0.3) is 0 Å². The van der Waals surface area contributed by atoms with E-state index >= 15 is 0 Å². The second kappa shape index (κ2) is 57.9. The van der Waals surface area contributed by atoms with Crippen LogP contribution >= 0.6 is 0 Å². The Hall–Kier alpha value is -2.63. The first-order chi connectivity index (χ1) is 34.0. The molecule has 0 aromatic rings. The molecule has 6 heteroatoms. The summed E-state index contributed by atoms with van der Waals surface area (Å²) < 4.78 is 16.9. The number of hydrogen-bond donors (Lipinski definition) is 0. The quantitative estimate of drug-likeness (QED) is 0.0262. The van der Waals surface area contributed by atoms with Crippen molar-refractivity contribution in [1.82, 2.24) is 0 Å². The van der Waals surface area contributed by atoms with E-state index in [1.165, 1.54) is 193 Å². The van der Waals surface area contributed by atoms with E-state index in [0.29, 0.717) is 19.3 Å². The van der Waals surface area contributed by atoms with Gasteiger partial charge in [-0.15, -0.1) is 0 Å². The Balaban J connectivity index is 4.33. The Kier molecular flexibility index (Phi) is 55.7. The summed E-state index contributed by atoms with van der Waals surface area (Å²) in [6, 6.07) is 0. The Bertz CT molecular complexity index is 1200. The molecular weight excluding hydrogens is 853 g/mol. The van der Waals surface area contributed by atoms with Gasteiger partial charge >= 0.3 is 17.9 Å². The molecule has 0 rings (SSSR count). The summed E-state index contributed by atoms with van der Waals surface area (Å²) in [5.74, 6) is -0.883. The van der Waals surface area contributed by atoms with Crippen molar-refractivity contribution >= 4 is 17.9 Å². The van der Waals surface area contributed by atoms with Gasteiger partial charge < -0.3 is 14.2 Å². The highest BCUT2D eigenvalue weighted by Gasteiger charge is 2.19. The second-order valence-corrected chi connectivity index (χ2v) is 20.2. The van der Waals surface area contributed by atoms with Crippen LogP contribution in [0.3, 0.4) is 0 Å². The van der Waals surface area contributed by atoms with Crippen molar-refractivity contribution in [2.45, 2.75) is 322 Å². The second-order valence-electron chi connectivity index (χ2n) is 20.2. The zero-order valence-corrected chi connectivity index (χ0v) is 46.1. The lowest BCUT2D eigenvalue weighted by molar-refractivity contribution is -0.167. The molecule has 0 unspecified atom stereocenters. The van der Waals surface area contributed by atoms with Crippen LogP contribution in [0.1, 0.15) is 316 Å². The lowest BCUT2D eigenvalue weighted by atomic mass is 10.0. The van der Waals surface area contributed by atoms with Gasteiger partial charge in [0.2, 0.25) is 0 Å². The van der Waals surface area contributed by atoms with Gasteiger partial charge in [0.1, 0.15) is 13.2 Å². The summed E-state index contributed by atoms with van der Waals surface area (Å²) in [6.45, 7) is 6.62. The van der Waals surface area contributed by atoms with Gasteiger partial charge in [-0.05, 0) is 103 Å². The summed E-state index contributed by atoms with van der Waals surface area (Å²) in [7, 11) is 0. The topological polar surface area (TPSA) is 78.9 Å². The highest BCUT2D eigenvalue weighted by molar-refractivity contribution is 5.71. The van der Waals surface area contributed by atoms with E-state index in [1.54, 1.807) is 0 Å². The van der Waals surface area contributed by atoms with Gasteiger partial charge in [-0.1, -0.05) is 243 Å². The fourth-order valence-electron chi connectivity index (χ4n) is 8.70. The molecule has 0 heterocycles. The molecule has 0 aliphatic rings. The van der Waals surface area contributed by atoms with Crippen molar-refractivity contribution in [2.75, 3.05) is 13.2 Å².